The van der Waals surface area contributed by atoms with Crippen LogP contribution < -0.4 is 19.5 Å². The van der Waals surface area contributed by atoms with Crippen LogP contribution in [-0.2, 0) is 17.4 Å². The molecule has 0 aliphatic rings. The molecule has 1 amide bonds. The highest BCUT2D eigenvalue weighted by molar-refractivity contribution is 5.91. The molecule has 0 spiro atoms. The molecule has 11 heteroatoms. The van der Waals surface area contributed by atoms with Crippen molar-refractivity contribution in [3.8, 4) is 28.7 Å². The summed E-state index contributed by atoms with van der Waals surface area (Å²) in [5, 5.41) is 10.3. The molecule has 170 valence electrons. The fraction of sp³-hybridized carbons (Fsp3) is 0.286. The number of carbonyl (C=O) groups excluding carboxylic acids is 1. The highest BCUT2D eigenvalue weighted by Gasteiger charge is 2.30. The first-order chi connectivity index (χ1) is 15.2. The lowest BCUT2D eigenvalue weighted by Gasteiger charge is -2.14. The van der Waals surface area contributed by atoms with Gasteiger partial charge < -0.3 is 23.9 Å². The normalized spacial score (nSPS) is 11.2. The zero-order valence-electron chi connectivity index (χ0n) is 17.4. The molecule has 0 unspecified atom stereocenters. The molecule has 32 heavy (non-hydrogen) atoms. The lowest BCUT2D eigenvalue weighted by molar-refractivity contribution is -0.137. The summed E-state index contributed by atoms with van der Waals surface area (Å²) in [7, 11) is 4.39. The van der Waals surface area contributed by atoms with E-state index >= 15 is 0 Å². The van der Waals surface area contributed by atoms with Crippen molar-refractivity contribution in [3.05, 3.63) is 47.9 Å². The summed E-state index contributed by atoms with van der Waals surface area (Å²) in [6.07, 6.45) is -4.38. The van der Waals surface area contributed by atoms with Gasteiger partial charge in [-0.3, -0.25) is 4.79 Å². The molecule has 3 rings (SSSR count). The number of hydrogen-bond donors (Lipinski definition) is 1. The number of carbonyl (C=O) groups is 1. The Morgan fingerprint density at radius 3 is 2.31 bits per heavy atom. The van der Waals surface area contributed by atoms with E-state index in [2.05, 4.69) is 15.5 Å². The maximum atomic E-state index is 12.9. The van der Waals surface area contributed by atoms with Gasteiger partial charge in [0.15, 0.2) is 11.5 Å². The van der Waals surface area contributed by atoms with Gasteiger partial charge in [0.2, 0.25) is 23.4 Å². The fourth-order valence-electron chi connectivity index (χ4n) is 2.90. The third-order valence-electron chi connectivity index (χ3n) is 4.42. The molecule has 3 aromatic rings. The number of rotatable bonds is 8. The monoisotopic (exact) mass is 451 g/mol. The summed E-state index contributed by atoms with van der Waals surface area (Å²) in [5.41, 5.74) is -0.250. The van der Waals surface area contributed by atoms with E-state index in [1.807, 2.05) is 0 Å². The summed E-state index contributed by atoms with van der Waals surface area (Å²) in [4.78, 5) is 12.3. The first-order valence-electron chi connectivity index (χ1n) is 9.35. The molecular weight excluding hydrogens is 431 g/mol. The van der Waals surface area contributed by atoms with Crippen molar-refractivity contribution in [1.29, 1.82) is 0 Å². The van der Waals surface area contributed by atoms with E-state index < -0.39 is 11.7 Å². The highest BCUT2D eigenvalue weighted by atomic mass is 19.4. The van der Waals surface area contributed by atoms with Crippen LogP contribution in [0.3, 0.4) is 0 Å². The van der Waals surface area contributed by atoms with Crippen LogP contribution in [0.2, 0.25) is 0 Å². The molecule has 8 nitrogen and oxygen atoms in total. The minimum atomic E-state index is -4.48. The van der Waals surface area contributed by atoms with Gasteiger partial charge in [0.25, 0.3) is 0 Å². The number of alkyl halides is 3. The summed E-state index contributed by atoms with van der Waals surface area (Å²) >= 11 is 0. The molecule has 1 N–H and O–H groups in total. The molecule has 1 heterocycles. The predicted molar refractivity (Wildman–Crippen MR) is 108 cm³/mol. The Labute approximate surface area is 181 Å². The second-order valence-corrected chi connectivity index (χ2v) is 6.54. The van der Waals surface area contributed by atoms with E-state index in [1.165, 1.54) is 33.5 Å². The van der Waals surface area contributed by atoms with Gasteiger partial charge in [-0.25, -0.2) is 0 Å². The maximum Gasteiger partial charge on any atom is 0.416 e. The van der Waals surface area contributed by atoms with Crippen LogP contribution >= 0.6 is 0 Å². The minimum Gasteiger partial charge on any atom is -0.493 e. The Kier molecular flexibility index (Phi) is 6.86. The van der Waals surface area contributed by atoms with E-state index in [0.29, 0.717) is 22.9 Å². The molecule has 0 fully saturated rings. The maximum absolute atomic E-state index is 12.9. The Bertz CT molecular complexity index is 1070. The van der Waals surface area contributed by atoms with Gasteiger partial charge in [-0.05, 0) is 18.2 Å². The lowest BCUT2D eigenvalue weighted by Crippen LogP contribution is -2.12. The van der Waals surface area contributed by atoms with Crippen LogP contribution in [0.5, 0.6) is 17.2 Å². The van der Waals surface area contributed by atoms with Crippen LogP contribution in [0.15, 0.2) is 40.8 Å². The summed E-state index contributed by atoms with van der Waals surface area (Å²) in [6, 6.07) is 7.73. The van der Waals surface area contributed by atoms with Gasteiger partial charge >= 0.3 is 6.18 Å². The van der Waals surface area contributed by atoms with Crippen LogP contribution in [0.1, 0.15) is 17.9 Å². The van der Waals surface area contributed by atoms with E-state index in [9.17, 15) is 18.0 Å². The molecule has 0 bridgehead atoms. The summed E-state index contributed by atoms with van der Waals surface area (Å²) in [5.74, 6) is 0.863. The number of aryl methyl sites for hydroxylation is 1. The number of methoxy groups -OCH3 is 3. The third-order valence-corrected chi connectivity index (χ3v) is 4.42. The number of amides is 1. The smallest absolute Gasteiger partial charge is 0.416 e. The minimum absolute atomic E-state index is 0.000877. The van der Waals surface area contributed by atoms with Crippen LogP contribution in [0.25, 0.3) is 11.5 Å². The Morgan fingerprint density at radius 1 is 1.03 bits per heavy atom. The zero-order chi connectivity index (χ0) is 23.3. The van der Waals surface area contributed by atoms with Crippen molar-refractivity contribution >= 4 is 11.6 Å². The second-order valence-electron chi connectivity index (χ2n) is 6.54. The van der Waals surface area contributed by atoms with Crippen molar-refractivity contribution in [2.24, 2.45) is 0 Å². The topological polar surface area (TPSA) is 95.7 Å². The first-order valence-corrected chi connectivity index (χ1v) is 9.35. The summed E-state index contributed by atoms with van der Waals surface area (Å²) in [6.45, 7) is 0. The molecular formula is C21H20F3N3O5. The fourth-order valence-corrected chi connectivity index (χ4v) is 2.90. The van der Waals surface area contributed by atoms with E-state index in [0.717, 1.165) is 12.1 Å². The molecule has 0 aliphatic heterocycles. The Morgan fingerprint density at radius 2 is 1.72 bits per heavy atom. The van der Waals surface area contributed by atoms with Crippen molar-refractivity contribution in [1.82, 2.24) is 10.2 Å². The molecule has 2 aromatic carbocycles. The molecule has 0 saturated heterocycles. The number of nitrogens with zero attached hydrogens (tertiary/aromatic N) is 2. The Hall–Kier alpha value is -3.76. The quantitative estimate of drug-likeness (QED) is 0.544. The van der Waals surface area contributed by atoms with Gasteiger partial charge in [-0.1, -0.05) is 6.07 Å². The van der Waals surface area contributed by atoms with Gasteiger partial charge in [0, 0.05) is 36.2 Å². The van der Waals surface area contributed by atoms with Gasteiger partial charge in [0.05, 0.1) is 26.9 Å². The number of ether oxygens (including phenoxy) is 3. The SMILES string of the molecule is COc1cc(NC(=O)CCc2nnc(-c3cccc(C(F)(F)F)c3)o2)cc(OC)c1OC. The Balaban J connectivity index is 1.65. The standard InChI is InChI=1S/C21H20F3N3O5/c1-29-15-10-14(11-16(30-2)19(15)31-3)25-17(28)7-8-18-26-27-20(32-18)12-5-4-6-13(9-12)21(22,23)24/h4-6,9-11H,7-8H2,1-3H3,(H,25,28). The van der Waals surface area contributed by atoms with E-state index in [4.69, 9.17) is 18.6 Å². The van der Waals surface area contributed by atoms with E-state index in [-0.39, 0.29) is 36.1 Å². The van der Waals surface area contributed by atoms with Crippen molar-refractivity contribution in [2.75, 3.05) is 26.6 Å². The van der Waals surface area contributed by atoms with Gasteiger partial charge in [-0.15, -0.1) is 10.2 Å². The summed E-state index contributed by atoms with van der Waals surface area (Å²) < 4.78 is 59.8. The number of hydrogen-bond acceptors (Lipinski definition) is 7. The third kappa shape index (κ3) is 5.29. The first kappa shape index (κ1) is 22.9. The van der Waals surface area contributed by atoms with Crippen LogP contribution in [0.4, 0.5) is 18.9 Å². The lowest BCUT2D eigenvalue weighted by atomic mass is 10.1. The average molecular weight is 451 g/mol. The molecule has 0 atom stereocenters. The van der Waals surface area contributed by atoms with Gasteiger partial charge in [-0.2, -0.15) is 13.2 Å². The van der Waals surface area contributed by atoms with Crippen molar-refractivity contribution in [3.63, 3.8) is 0 Å². The number of benzene rings is 2. The van der Waals surface area contributed by atoms with E-state index in [1.54, 1.807) is 12.1 Å². The molecule has 0 radical (unpaired) electrons. The zero-order valence-corrected chi connectivity index (χ0v) is 17.4. The number of nitrogens with one attached hydrogen (secondary N) is 1. The number of aromatic nitrogens is 2. The average Bonchev–Trinajstić information content (AvgIpc) is 3.25. The van der Waals surface area contributed by atoms with Gasteiger partial charge in [0.1, 0.15) is 0 Å². The van der Waals surface area contributed by atoms with Crippen molar-refractivity contribution < 1.29 is 36.6 Å². The van der Waals surface area contributed by atoms with Crippen LogP contribution in [0, 0.1) is 0 Å². The highest BCUT2D eigenvalue weighted by Crippen LogP contribution is 2.40. The van der Waals surface area contributed by atoms with Crippen molar-refractivity contribution in [2.45, 2.75) is 19.0 Å². The second kappa shape index (κ2) is 9.58. The largest absolute Gasteiger partial charge is 0.493 e. The number of halogens is 3. The predicted octanol–water partition coefficient (Wildman–Crippen LogP) is 4.35. The molecule has 0 aliphatic carbocycles. The molecule has 0 saturated carbocycles. The van der Waals surface area contributed by atoms with Crippen LogP contribution in [-0.4, -0.2) is 37.4 Å². The number of anilines is 1. The molecule has 1 aromatic heterocycles.